The van der Waals surface area contributed by atoms with Gasteiger partial charge in [-0.25, -0.2) is 0 Å². The van der Waals surface area contributed by atoms with E-state index in [1.165, 1.54) is 12.1 Å². The highest BCUT2D eigenvalue weighted by Gasteiger charge is 2.26. The standard InChI is InChI=1S/C7H7F3N2O2S/c8-7(9,10)4-11-3-5-1-2-6(15-5)12(13)14/h1-2,11H,3-4H2. The first-order chi connectivity index (χ1) is 6.88. The van der Waals surface area contributed by atoms with Crippen LogP contribution in [-0.4, -0.2) is 17.6 Å². The van der Waals surface area contributed by atoms with Gasteiger partial charge in [0.1, 0.15) is 0 Å². The Morgan fingerprint density at radius 2 is 2.13 bits per heavy atom. The topological polar surface area (TPSA) is 55.2 Å². The molecule has 1 aromatic rings. The Bertz CT molecular complexity index is 350. The second-order valence-corrected chi connectivity index (χ2v) is 3.86. The van der Waals surface area contributed by atoms with Crippen molar-refractivity contribution in [3.8, 4) is 0 Å². The lowest BCUT2D eigenvalue weighted by atomic mass is 10.4. The minimum Gasteiger partial charge on any atom is -0.304 e. The Balaban J connectivity index is 2.41. The molecule has 15 heavy (non-hydrogen) atoms. The van der Waals surface area contributed by atoms with Crippen LogP contribution in [0.25, 0.3) is 0 Å². The molecule has 0 aliphatic heterocycles. The quantitative estimate of drug-likeness (QED) is 0.649. The fourth-order valence-electron chi connectivity index (χ4n) is 0.887. The van der Waals surface area contributed by atoms with Gasteiger partial charge in [0.05, 0.1) is 11.5 Å². The molecule has 0 saturated heterocycles. The van der Waals surface area contributed by atoms with Gasteiger partial charge < -0.3 is 5.32 Å². The maximum absolute atomic E-state index is 11.7. The zero-order valence-electron chi connectivity index (χ0n) is 7.37. The van der Waals surface area contributed by atoms with Crippen LogP contribution in [0.1, 0.15) is 4.88 Å². The van der Waals surface area contributed by atoms with Crippen molar-refractivity contribution >= 4 is 16.3 Å². The number of hydrogen-bond donors (Lipinski definition) is 1. The highest BCUT2D eigenvalue weighted by atomic mass is 32.1. The first-order valence-corrected chi connectivity index (χ1v) is 4.71. The Hall–Kier alpha value is -1.15. The van der Waals surface area contributed by atoms with Crippen molar-refractivity contribution in [1.82, 2.24) is 5.32 Å². The van der Waals surface area contributed by atoms with Gasteiger partial charge in [-0.3, -0.25) is 10.1 Å². The average Bonchev–Trinajstić information content (AvgIpc) is 2.50. The molecule has 1 heterocycles. The number of thiophene rings is 1. The third-order valence-electron chi connectivity index (χ3n) is 1.45. The fraction of sp³-hybridized carbons (Fsp3) is 0.429. The summed E-state index contributed by atoms with van der Waals surface area (Å²) in [5.41, 5.74) is 0. The lowest BCUT2D eigenvalue weighted by molar-refractivity contribution is -0.380. The number of nitro groups is 1. The van der Waals surface area contributed by atoms with E-state index in [0.717, 1.165) is 11.3 Å². The Labute approximate surface area is 86.9 Å². The number of halogens is 3. The molecule has 0 aromatic carbocycles. The molecule has 84 valence electrons. The monoisotopic (exact) mass is 240 g/mol. The molecule has 0 unspecified atom stereocenters. The van der Waals surface area contributed by atoms with E-state index in [2.05, 4.69) is 5.32 Å². The first kappa shape index (κ1) is 11.9. The van der Waals surface area contributed by atoms with Crippen molar-refractivity contribution in [2.24, 2.45) is 0 Å². The number of nitrogens with one attached hydrogen (secondary N) is 1. The summed E-state index contributed by atoms with van der Waals surface area (Å²) >= 11 is 0.863. The molecular formula is C7H7F3N2O2S. The van der Waals surface area contributed by atoms with E-state index in [0.29, 0.717) is 4.88 Å². The van der Waals surface area contributed by atoms with Crippen molar-refractivity contribution < 1.29 is 18.1 Å². The van der Waals surface area contributed by atoms with Gasteiger partial charge in [0.25, 0.3) is 0 Å². The van der Waals surface area contributed by atoms with Crippen LogP contribution in [0.5, 0.6) is 0 Å². The molecule has 1 N–H and O–H groups in total. The van der Waals surface area contributed by atoms with Crippen LogP contribution >= 0.6 is 11.3 Å². The second-order valence-electron chi connectivity index (χ2n) is 2.72. The van der Waals surface area contributed by atoms with E-state index in [1.807, 2.05) is 0 Å². The highest BCUT2D eigenvalue weighted by Crippen LogP contribution is 2.23. The van der Waals surface area contributed by atoms with Gasteiger partial charge in [0, 0.05) is 17.5 Å². The minimum atomic E-state index is -4.26. The van der Waals surface area contributed by atoms with Crippen molar-refractivity contribution in [2.75, 3.05) is 6.54 Å². The number of alkyl halides is 3. The van der Waals surface area contributed by atoms with Crippen LogP contribution in [0, 0.1) is 10.1 Å². The number of rotatable bonds is 4. The predicted octanol–water partition coefficient (Wildman–Crippen LogP) is 2.31. The molecule has 0 radical (unpaired) electrons. The summed E-state index contributed by atoms with van der Waals surface area (Å²) in [6, 6.07) is 2.71. The molecule has 0 saturated carbocycles. The molecule has 0 fully saturated rings. The summed E-state index contributed by atoms with van der Waals surface area (Å²) in [4.78, 5) is 10.2. The lowest BCUT2D eigenvalue weighted by Gasteiger charge is -2.06. The molecular weight excluding hydrogens is 233 g/mol. The third kappa shape index (κ3) is 4.26. The number of hydrogen-bond acceptors (Lipinski definition) is 4. The van der Waals surface area contributed by atoms with Crippen LogP contribution in [-0.2, 0) is 6.54 Å². The second kappa shape index (κ2) is 4.58. The van der Waals surface area contributed by atoms with E-state index < -0.39 is 17.6 Å². The largest absolute Gasteiger partial charge is 0.401 e. The summed E-state index contributed by atoms with van der Waals surface area (Å²) < 4.78 is 35.2. The van der Waals surface area contributed by atoms with Gasteiger partial charge in [0.15, 0.2) is 0 Å². The van der Waals surface area contributed by atoms with Crippen molar-refractivity contribution in [1.29, 1.82) is 0 Å². The molecule has 8 heteroatoms. The van der Waals surface area contributed by atoms with Gasteiger partial charge in [-0.15, -0.1) is 0 Å². The maximum Gasteiger partial charge on any atom is 0.401 e. The van der Waals surface area contributed by atoms with Crippen LogP contribution < -0.4 is 5.32 Å². The van der Waals surface area contributed by atoms with Gasteiger partial charge >= 0.3 is 11.2 Å². The molecule has 0 aliphatic rings. The SMILES string of the molecule is O=[N+]([O-])c1ccc(CNCC(F)(F)F)s1. The Kier molecular flexibility index (Phi) is 3.64. The number of nitrogens with zero attached hydrogens (tertiary/aromatic N) is 1. The van der Waals surface area contributed by atoms with E-state index in [1.54, 1.807) is 0 Å². The minimum absolute atomic E-state index is 0.0159. The fourth-order valence-corrected chi connectivity index (χ4v) is 1.68. The van der Waals surface area contributed by atoms with E-state index >= 15 is 0 Å². The van der Waals surface area contributed by atoms with Gasteiger partial charge in [-0.2, -0.15) is 13.2 Å². The summed E-state index contributed by atoms with van der Waals surface area (Å²) in [6.07, 6.45) is -4.26. The zero-order chi connectivity index (χ0) is 11.5. The molecule has 0 amide bonds. The van der Waals surface area contributed by atoms with Gasteiger partial charge in [-0.05, 0) is 6.07 Å². The molecule has 0 atom stereocenters. The summed E-state index contributed by atoms with van der Waals surface area (Å²) in [5.74, 6) is 0. The van der Waals surface area contributed by atoms with Crippen molar-refractivity contribution in [2.45, 2.75) is 12.7 Å². The highest BCUT2D eigenvalue weighted by molar-refractivity contribution is 7.15. The molecule has 0 bridgehead atoms. The van der Waals surface area contributed by atoms with E-state index in [-0.39, 0.29) is 11.5 Å². The molecule has 0 spiro atoms. The molecule has 1 aromatic heterocycles. The van der Waals surface area contributed by atoms with Crippen LogP contribution in [0.4, 0.5) is 18.2 Å². The normalized spacial score (nSPS) is 11.7. The lowest BCUT2D eigenvalue weighted by Crippen LogP contribution is -2.27. The van der Waals surface area contributed by atoms with Crippen molar-refractivity contribution in [3.63, 3.8) is 0 Å². The van der Waals surface area contributed by atoms with E-state index in [9.17, 15) is 23.3 Å². The van der Waals surface area contributed by atoms with Crippen LogP contribution in [0.2, 0.25) is 0 Å². The van der Waals surface area contributed by atoms with E-state index in [4.69, 9.17) is 0 Å². The maximum atomic E-state index is 11.7. The third-order valence-corrected chi connectivity index (χ3v) is 2.49. The van der Waals surface area contributed by atoms with Crippen LogP contribution in [0.15, 0.2) is 12.1 Å². The Morgan fingerprint density at radius 3 is 2.60 bits per heavy atom. The smallest absolute Gasteiger partial charge is 0.304 e. The Morgan fingerprint density at radius 1 is 1.47 bits per heavy atom. The van der Waals surface area contributed by atoms with Crippen molar-refractivity contribution in [3.05, 3.63) is 27.1 Å². The van der Waals surface area contributed by atoms with Crippen LogP contribution in [0.3, 0.4) is 0 Å². The summed E-state index contributed by atoms with van der Waals surface area (Å²) in [6.45, 7) is -1.11. The van der Waals surface area contributed by atoms with Gasteiger partial charge in [-0.1, -0.05) is 11.3 Å². The molecule has 1 rings (SSSR count). The zero-order valence-corrected chi connectivity index (χ0v) is 8.19. The predicted molar refractivity (Wildman–Crippen MR) is 48.7 cm³/mol. The molecule has 0 aliphatic carbocycles. The average molecular weight is 240 g/mol. The molecule has 4 nitrogen and oxygen atoms in total. The summed E-state index contributed by atoms with van der Waals surface area (Å²) in [7, 11) is 0. The summed E-state index contributed by atoms with van der Waals surface area (Å²) in [5, 5.41) is 12.3. The first-order valence-electron chi connectivity index (χ1n) is 3.89. The van der Waals surface area contributed by atoms with Gasteiger partial charge in [0.2, 0.25) is 0 Å².